The highest BCUT2D eigenvalue weighted by molar-refractivity contribution is 6.30. The van der Waals surface area contributed by atoms with Crippen LogP contribution in [0.15, 0.2) is 12.1 Å². The number of carboxylic acids is 1. The number of aliphatic carboxylic acids is 1. The Bertz CT molecular complexity index is 451. The maximum absolute atomic E-state index is 10.8. The van der Waals surface area contributed by atoms with Crippen molar-refractivity contribution in [1.82, 2.24) is 5.32 Å². The Morgan fingerprint density at radius 2 is 2.21 bits per heavy atom. The zero-order valence-electron chi connectivity index (χ0n) is 11.2. The predicted molar refractivity (Wildman–Crippen MR) is 73.1 cm³/mol. The number of methoxy groups -OCH3 is 1. The molecule has 1 aromatic carbocycles. The summed E-state index contributed by atoms with van der Waals surface area (Å²) in [6.07, 6.45) is 0. The number of halogens is 1. The SMILES string of the molecule is CCOc1c(CN[C@@H](C)C(=O)O)cc(Cl)cc1OC. The monoisotopic (exact) mass is 287 g/mol. The molecule has 0 aliphatic rings. The van der Waals surface area contributed by atoms with E-state index in [-0.39, 0.29) is 0 Å². The van der Waals surface area contributed by atoms with Gasteiger partial charge in [0.05, 0.1) is 13.7 Å². The van der Waals surface area contributed by atoms with Crippen LogP contribution in [0.3, 0.4) is 0 Å². The smallest absolute Gasteiger partial charge is 0.320 e. The molecule has 6 heteroatoms. The van der Waals surface area contributed by atoms with Gasteiger partial charge in [0.15, 0.2) is 11.5 Å². The molecule has 0 fully saturated rings. The molecule has 0 saturated carbocycles. The minimum Gasteiger partial charge on any atom is -0.493 e. The van der Waals surface area contributed by atoms with E-state index in [1.165, 1.54) is 7.11 Å². The number of carbonyl (C=O) groups is 1. The summed E-state index contributed by atoms with van der Waals surface area (Å²) in [7, 11) is 1.53. The van der Waals surface area contributed by atoms with E-state index in [0.717, 1.165) is 5.56 Å². The second-order valence-electron chi connectivity index (χ2n) is 3.97. The van der Waals surface area contributed by atoms with Crippen molar-refractivity contribution >= 4 is 17.6 Å². The van der Waals surface area contributed by atoms with Crippen LogP contribution in [-0.4, -0.2) is 30.8 Å². The number of hydrogen-bond donors (Lipinski definition) is 2. The molecule has 0 spiro atoms. The normalized spacial score (nSPS) is 12.0. The summed E-state index contributed by atoms with van der Waals surface area (Å²) in [6.45, 7) is 4.26. The molecule has 5 nitrogen and oxygen atoms in total. The number of ether oxygens (including phenoxy) is 2. The van der Waals surface area contributed by atoms with Crippen LogP contribution >= 0.6 is 11.6 Å². The first kappa shape index (κ1) is 15.6. The zero-order chi connectivity index (χ0) is 14.4. The van der Waals surface area contributed by atoms with Gasteiger partial charge in [-0.05, 0) is 19.9 Å². The molecule has 0 saturated heterocycles. The molecule has 0 amide bonds. The lowest BCUT2D eigenvalue weighted by molar-refractivity contribution is -0.139. The van der Waals surface area contributed by atoms with Gasteiger partial charge in [-0.25, -0.2) is 0 Å². The average molecular weight is 288 g/mol. The molecule has 0 bridgehead atoms. The molecule has 1 rings (SSSR count). The van der Waals surface area contributed by atoms with Crippen molar-refractivity contribution in [2.24, 2.45) is 0 Å². The number of hydrogen-bond acceptors (Lipinski definition) is 4. The van der Waals surface area contributed by atoms with Crippen molar-refractivity contribution in [1.29, 1.82) is 0 Å². The molecule has 0 aliphatic carbocycles. The van der Waals surface area contributed by atoms with Gasteiger partial charge in [0.1, 0.15) is 6.04 Å². The first-order valence-corrected chi connectivity index (χ1v) is 6.32. The lowest BCUT2D eigenvalue weighted by Gasteiger charge is -2.16. The predicted octanol–water partition coefficient (Wildman–Crippen LogP) is 2.31. The zero-order valence-corrected chi connectivity index (χ0v) is 12.0. The first-order chi connectivity index (χ1) is 8.99. The maximum Gasteiger partial charge on any atom is 0.320 e. The van der Waals surface area contributed by atoms with Gasteiger partial charge in [-0.2, -0.15) is 0 Å². The van der Waals surface area contributed by atoms with E-state index in [1.54, 1.807) is 19.1 Å². The van der Waals surface area contributed by atoms with Crippen LogP contribution in [-0.2, 0) is 11.3 Å². The summed E-state index contributed by atoms with van der Waals surface area (Å²) in [5.41, 5.74) is 0.763. The standard InChI is InChI=1S/C13H18ClNO4/c1-4-19-12-9(7-15-8(2)13(16)17)5-10(14)6-11(12)18-3/h5-6,8,15H,4,7H2,1-3H3,(H,16,17)/t8-/m0/s1. The molecule has 1 aromatic rings. The third kappa shape index (κ3) is 4.29. The summed E-state index contributed by atoms with van der Waals surface area (Å²) in [5, 5.41) is 12.2. The molecule has 1 atom stereocenters. The highest BCUT2D eigenvalue weighted by Crippen LogP contribution is 2.34. The minimum absolute atomic E-state index is 0.333. The van der Waals surface area contributed by atoms with Gasteiger partial charge in [0.25, 0.3) is 0 Å². The van der Waals surface area contributed by atoms with E-state index in [1.807, 2.05) is 6.92 Å². The summed E-state index contributed by atoms with van der Waals surface area (Å²) >= 11 is 6.00. The lowest BCUT2D eigenvalue weighted by atomic mass is 10.1. The Morgan fingerprint density at radius 1 is 1.53 bits per heavy atom. The molecule has 0 aromatic heterocycles. The van der Waals surface area contributed by atoms with E-state index in [4.69, 9.17) is 26.2 Å². The van der Waals surface area contributed by atoms with Gasteiger partial charge in [-0.3, -0.25) is 4.79 Å². The molecular weight excluding hydrogens is 270 g/mol. The van der Waals surface area contributed by atoms with Crippen LogP contribution in [0.25, 0.3) is 0 Å². The Morgan fingerprint density at radius 3 is 2.74 bits per heavy atom. The summed E-state index contributed by atoms with van der Waals surface area (Å²) in [6, 6.07) is 2.74. The number of nitrogens with one attached hydrogen (secondary N) is 1. The van der Waals surface area contributed by atoms with E-state index in [9.17, 15) is 4.79 Å². The second-order valence-corrected chi connectivity index (χ2v) is 4.41. The molecular formula is C13H18ClNO4. The van der Waals surface area contributed by atoms with Crippen LogP contribution in [0.2, 0.25) is 5.02 Å². The van der Waals surface area contributed by atoms with E-state index >= 15 is 0 Å². The molecule has 0 heterocycles. The van der Waals surface area contributed by atoms with Crippen LogP contribution < -0.4 is 14.8 Å². The van der Waals surface area contributed by atoms with Crippen molar-refractivity contribution in [3.8, 4) is 11.5 Å². The Labute approximate surface area is 117 Å². The number of benzene rings is 1. The van der Waals surface area contributed by atoms with Gasteiger partial charge in [-0.1, -0.05) is 11.6 Å². The molecule has 0 unspecified atom stereocenters. The Hall–Kier alpha value is -1.46. The fraction of sp³-hybridized carbons (Fsp3) is 0.462. The van der Waals surface area contributed by atoms with Gasteiger partial charge < -0.3 is 19.9 Å². The minimum atomic E-state index is -0.910. The lowest BCUT2D eigenvalue weighted by Crippen LogP contribution is -2.33. The quantitative estimate of drug-likeness (QED) is 0.805. The van der Waals surface area contributed by atoms with Gasteiger partial charge in [-0.15, -0.1) is 0 Å². The highest BCUT2D eigenvalue weighted by Gasteiger charge is 2.15. The van der Waals surface area contributed by atoms with Crippen molar-refractivity contribution in [2.75, 3.05) is 13.7 Å². The third-order valence-electron chi connectivity index (χ3n) is 2.57. The summed E-state index contributed by atoms with van der Waals surface area (Å²) < 4.78 is 10.8. The second kappa shape index (κ2) is 7.21. The van der Waals surface area contributed by atoms with Gasteiger partial charge in [0, 0.05) is 23.2 Å². The molecule has 2 N–H and O–H groups in total. The van der Waals surface area contributed by atoms with E-state index < -0.39 is 12.0 Å². The van der Waals surface area contributed by atoms with Gasteiger partial charge in [0.2, 0.25) is 0 Å². The van der Waals surface area contributed by atoms with Crippen LogP contribution in [0.5, 0.6) is 11.5 Å². The Balaban J connectivity index is 2.97. The fourth-order valence-electron chi connectivity index (χ4n) is 1.56. The van der Waals surface area contributed by atoms with Crippen LogP contribution in [0, 0.1) is 0 Å². The summed E-state index contributed by atoms with van der Waals surface area (Å²) in [4.78, 5) is 10.8. The molecule has 0 aliphatic heterocycles. The van der Waals surface area contributed by atoms with Crippen molar-refractivity contribution < 1.29 is 19.4 Å². The first-order valence-electron chi connectivity index (χ1n) is 5.95. The Kier molecular flexibility index (Phi) is 5.92. The molecule has 19 heavy (non-hydrogen) atoms. The molecule has 0 radical (unpaired) electrons. The maximum atomic E-state index is 10.8. The highest BCUT2D eigenvalue weighted by atomic mass is 35.5. The molecule has 106 valence electrons. The number of carboxylic acid groups (broad SMARTS) is 1. The van der Waals surface area contributed by atoms with Gasteiger partial charge >= 0.3 is 5.97 Å². The number of rotatable bonds is 7. The van der Waals surface area contributed by atoms with E-state index in [2.05, 4.69) is 5.32 Å². The topological polar surface area (TPSA) is 67.8 Å². The summed E-state index contributed by atoms with van der Waals surface area (Å²) in [5.74, 6) is 0.209. The fourth-order valence-corrected chi connectivity index (χ4v) is 1.79. The average Bonchev–Trinajstić information content (AvgIpc) is 2.37. The van der Waals surface area contributed by atoms with Crippen molar-refractivity contribution in [3.05, 3.63) is 22.7 Å². The van der Waals surface area contributed by atoms with E-state index in [0.29, 0.717) is 29.7 Å². The van der Waals surface area contributed by atoms with Crippen molar-refractivity contribution in [2.45, 2.75) is 26.4 Å². The largest absolute Gasteiger partial charge is 0.493 e. The van der Waals surface area contributed by atoms with Crippen LogP contribution in [0.1, 0.15) is 19.4 Å². The van der Waals surface area contributed by atoms with Crippen LogP contribution in [0.4, 0.5) is 0 Å². The third-order valence-corrected chi connectivity index (χ3v) is 2.79. The van der Waals surface area contributed by atoms with Crippen molar-refractivity contribution in [3.63, 3.8) is 0 Å².